The lowest BCUT2D eigenvalue weighted by molar-refractivity contribution is -0.0466. The number of aryl methyl sites for hydroxylation is 1. The highest BCUT2D eigenvalue weighted by atomic mass is 16.5. The van der Waals surface area contributed by atoms with Crippen LogP contribution < -0.4 is 0 Å². The van der Waals surface area contributed by atoms with Crippen molar-refractivity contribution in [3.8, 4) is 0 Å². The van der Waals surface area contributed by atoms with Crippen molar-refractivity contribution in [2.45, 2.75) is 39.3 Å². The molecule has 0 radical (unpaired) electrons. The van der Waals surface area contributed by atoms with Crippen molar-refractivity contribution < 1.29 is 19.1 Å². The zero-order valence-corrected chi connectivity index (χ0v) is 17.6. The summed E-state index contributed by atoms with van der Waals surface area (Å²) in [7, 11) is 0. The van der Waals surface area contributed by atoms with Crippen molar-refractivity contribution in [3.63, 3.8) is 0 Å². The van der Waals surface area contributed by atoms with Crippen LogP contribution in [0.3, 0.4) is 0 Å². The maximum atomic E-state index is 13.5. The molecule has 3 amide bonds. The van der Waals surface area contributed by atoms with Gasteiger partial charge in [-0.1, -0.05) is 36.8 Å². The van der Waals surface area contributed by atoms with Crippen molar-refractivity contribution in [3.05, 3.63) is 70.3 Å². The fourth-order valence-electron chi connectivity index (χ4n) is 4.20. The Morgan fingerprint density at radius 3 is 2.40 bits per heavy atom. The van der Waals surface area contributed by atoms with Crippen LogP contribution in [-0.4, -0.2) is 52.8 Å². The minimum Gasteiger partial charge on any atom is -0.377 e. The molecule has 2 aliphatic rings. The van der Waals surface area contributed by atoms with Crippen molar-refractivity contribution in [1.29, 1.82) is 0 Å². The fourth-order valence-corrected chi connectivity index (χ4v) is 4.20. The van der Waals surface area contributed by atoms with Crippen molar-refractivity contribution in [1.82, 2.24) is 9.80 Å². The van der Waals surface area contributed by atoms with Gasteiger partial charge in [0.2, 0.25) is 0 Å². The van der Waals surface area contributed by atoms with Crippen molar-refractivity contribution in [2.24, 2.45) is 0 Å². The van der Waals surface area contributed by atoms with E-state index in [1.807, 2.05) is 37.8 Å². The zero-order chi connectivity index (χ0) is 21.5. The Balaban J connectivity index is 1.68. The molecule has 2 aromatic carbocycles. The summed E-state index contributed by atoms with van der Waals surface area (Å²) in [4.78, 5) is 42.3. The molecule has 30 heavy (non-hydrogen) atoms. The second kappa shape index (κ2) is 7.69. The third-order valence-electron chi connectivity index (χ3n) is 6.23. The van der Waals surface area contributed by atoms with E-state index in [0.717, 1.165) is 12.0 Å². The SMILES string of the molecule is CCC1(C)COCCN1C(=O)c1ccc(C)cc1CN1C(=O)c2ccccc2C1=O. The Morgan fingerprint density at radius 1 is 1.10 bits per heavy atom. The lowest BCUT2D eigenvalue weighted by atomic mass is 9.93. The van der Waals surface area contributed by atoms with Gasteiger partial charge in [-0.05, 0) is 44.0 Å². The third kappa shape index (κ3) is 3.31. The first kappa shape index (κ1) is 20.3. The number of imide groups is 1. The van der Waals surface area contributed by atoms with Gasteiger partial charge in [-0.3, -0.25) is 19.3 Å². The molecule has 1 saturated heterocycles. The topological polar surface area (TPSA) is 66.9 Å². The molecule has 1 atom stereocenters. The lowest BCUT2D eigenvalue weighted by Crippen LogP contribution is -2.57. The van der Waals surface area contributed by atoms with Crippen LogP contribution >= 0.6 is 0 Å². The number of hydrogen-bond acceptors (Lipinski definition) is 4. The Labute approximate surface area is 176 Å². The van der Waals surface area contributed by atoms with Crippen LogP contribution in [0.5, 0.6) is 0 Å². The van der Waals surface area contributed by atoms with Crippen molar-refractivity contribution >= 4 is 17.7 Å². The molecule has 4 rings (SSSR count). The highest BCUT2D eigenvalue weighted by Gasteiger charge is 2.39. The molecular formula is C24H26N2O4. The van der Waals surface area contributed by atoms with E-state index in [1.165, 1.54) is 4.90 Å². The molecule has 1 fully saturated rings. The highest BCUT2D eigenvalue weighted by molar-refractivity contribution is 6.21. The summed E-state index contributed by atoms with van der Waals surface area (Å²) in [6.45, 7) is 7.60. The van der Waals surface area contributed by atoms with E-state index in [-0.39, 0.29) is 29.8 Å². The van der Waals surface area contributed by atoms with E-state index < -0.39 is 0 Å². The van der Waals surface area contributed by atoms with E-state index in [0.29, 0.717) is 42.0 Å². The number of carbonyl (C=O) groups excluding carboxylic acids is 3. The van der Waals surface area contributed by atoms with E-state index in [2.05, 4.69) is 0 Å². The average Bonchev–Trinajstić information content (AvgIpc) is 2.99. The molecule has 6 heteroatoms. The van der Waals surface area contributed by atoms with Gasteiger partial charge in [0.1, 0.15) is 0 Å². The van der Waals surface area contributed by atoms with Gasteiger partial charge >= 0.3 is 0 Å². The standard InChI is InChI=1S/C24H26N2O4/c1-4-24(3)15-30-12-11-26(24)23(29)18-10-9-16(2)13-17(18)14-25-21(27)19-7-5-6-8-20(19)22(25)28/h5-10,13H,4,11-12,14-15H2,1-3H3. The second-order valence-electron chi connectivity index (χ2n) is 8.26. The number of benzene rings is 2. The Kier molecular flexibility index (Phi) is 5.20. The summed E-state index contributed by atoms with van der Waals surface area (Å²) in [5.41, 5.74) is 2.62. The smallest absolute Gasteiger partial charge is 0.261 e. The van der Waals surface area contributed by atoms with Gasteiger partial charge in [-0.25, -0.2) is 0 Å². The summed E-state index contributed by atoms with van der Waals surface area (Å²) in [5.74, 6) is -0.727. The Bertz CT molecular complexity index is 997. The minimum atomic E-state index is -0.382. The molecule has 0 spiro atoms. The molecule has 0 aliphatic carbocycles. The number of carbonyl (C=O) groups is 3. The van der Waals surface area contributed by atoms with Crippen molar-refractivity contribution in [2.75, 3.05) is 19.8 Å². The molecule has 0 aromatic heterocycles. The first-order chi connectivity index (χ1) is 14.4. The number of rotatable bonds is 4. The summed E-state index contributed by atoms with van der Waals surface area (Å²) in [6, 6.07) is 12.4. The summed E-state index contributed by atoms with van der Waals surface area (Å²) in [6.07, 6.45) is 0.776. The molecule has 2 aromatic rings. The summed E-state index contributed by atoms with van der Waals surface area (Å²) >= 11 is 0. The Morgan fingerprint density at radius 2 is 1.77 bits per heavy atom. The summed E-state index contributed by atoms with van der Waals surface area (Å²) < 4.78 is 5.62. The molecule has 0 N–H and O–H groups in total. The molecule has 0 bridgehead atoms. The van der Waals surface area contributed by atoms with Gasteiger partial charge in [0.15, 0.2) is 0 Å². The molecule has 2 heterocycles. The number of amides is 3. The molecule has 6 nitrogen and oxygen atoms in total. The van der Waals surface area contributed by atoms with E-state index >= 15 is 0 Å². The van der Waals surface area contributed by atoms with Crippen LogP contribution in [0.1, 0.15) is 62.5 Å². The normalized spacial score (nSPS) is 21.2. The van der Waals surface area contributed by atoms with Crippen LogP contribution in [0.25, 0.3) is 0 Å². The van der Waals surface area contributed by atoms with Gasteiger partial charge in [0, 0.05) is 12.1 Å². The van der Waals surface area contributed by atoms with Crippen LogP contribution in [0.2, 0.25) is 0 Å². The lowest BCUT2D eigenvalue weighted by Gasteiger charge is -2.44. The maximum absolute atomic E-state index is 13.5. The van der Waals surface area contributed by atoms with E-state index in [9.17, 15) is 14.4 Å². The Hall–Kier alpha value is -2.99. The largest absolute Gasteiger partial charge is 0.377 e. The van der Waals surface area contributed by atoms with Crippen LogP contribution in [0.15, 0.2) is 42.5 Å². The second-order valence-corrected chi connectivity index (χ2v) is 8.26. The number of nitrogens with zero attached hydrogens (tertiary/aromatic N) is 2. The monoisotopic (exact) mass is 406 g/mol. The van der Waals surface area contributed by atoms with E-state index in [1.54, 1.807) is 30.3 Å². The zero-order valence-electron chi connectivity index (χ0n) is 17.6. The maximum Gasteiger partial charge on any atom is 0.261 e. The predicted octanol–water partition coefficient (Wildman–Crippen LogP) is 3.43. The quantitative estimate of drug-likeness (QED) is 0.730. The van der Waals surface area contributed by atoms with Crippen LogP contribution in [0.4, 0.5) is 0 Å². The van der Waals surface area contributed by atoms with Crippen LogP contribution in [0, 0.1) is 6.92 Å². The molecule has 2 aliphatic heterocycles. The molecule has 156 valence electrons. The van der Waals surface area contributed by atoms with E-state index in [4.69, 9.17) is 4.74 Å². The highest BCUT2D eigenvalue weighted by Crippen LogP contribution is 2.29. The van der Waals surface area contributed by atoms with Gasteiger partial charge in [-0.2, -0.15) is 0 Å². The number of morpholine rings is 1. The fraction of sp³-hybridized carbons (Fsp3) is 0.375. The van der Waals surface area contributed by atoms with Gasteiger partial charge in [0.25, 0.3) is 17.7 Å². The van der Waals surface area contributed by atoms with Gasteiger partial charge in [-0.15, -0.1) is 0 Å². The number of ether oxygens (including phenoxy) is 1. The summed E-state index contributed by atoms with van der Waals surface area (Å²) in [5, 5.41) is 0. The molecule has 0 saturated carbocycles. The average molecular weight is 406 g/mol. The number of hydrogen-bond donors (Lipinski definition) is 0. The molecule has 1 unspecified atom stereocenters. The number of fused-ring (bicyclic) bond motifs is 1. The third-order valence-corrected chi connectivity index (χ3v) is 6.23. The first-order valence-electron chi connectivity index (χ1n) is 10.3. The van der Waals surface area contributed by atoms with Gasteiger partial charge in [0.05, 0.1) is 36.4 Å². The predicted molar refractivity (Wildman–Crippen MR) is 112 cm³/mol. The first-order valence-corrected chi connectivity index (χ1v) is 10.3. The minimum absolute atomic E-state index is 0.0717. The molecular weight excluding hydrogens is 380 g/mol. The van der Waals surface area contributed by atoms with Gasteiger partial charge < -0.3 is 9.64 Å². The van der Waals surface area contributed by atoms with Crippen LogP contribution in [-0.2, 0) is 11.3 Å².